The number of Topliss-reactive ketones (excluding diaryl/α,β-unsaturated/α-hetero) is 1. The van der Waals surface area contributed by atoms with Crippen molar-refractivity contribution in [1.29, 1.82) is 0 Å². The van der Waals surface area contributed by atoms with E-state index in [0.29, 0.717) is 24.8 Å². The number of nitrogens with two attached hydrogens (primary N) is 1. The van der Waals surface area contributed by atoms with Crippen molar-refractivity contribution in [1.82, 2.24) is 4.98 Å². The quantitative estimate of drug-likeness (QED) is 0.768. The SMILES string of the molecule is C[C@]12C=CC3=CC4=C(CC(CN)CC4=O)O[C@H]3[C@@H]1CC[C@@H]2c1ccc2ccncc2c1. The molecule has 4 nitrogen and oxygen atoms in total. The number of aromatic nitrogens is 1. The first-order valence-electron chi connectivity index (χ1n) is 11.4. The summed E-state index contributed by atoms with van der Waals surface area (Å²) < 4.78 is 6.60. The molecule has 4 heteroatoms. The summed E-state index contributed by atoms with van der Waals surface area (Å²) in [6.07, 6.45) is 14.1. The number of pyridine rings is 1. The Labute approximate surface area is 182 Å². The summed E-state index contributed by atoms with van der Waals surface area (Å²) in [6.45, 7) is 2.92. The largest absolute Gasteiger partial charge is 0.489 e. The summed E-state index contributed by atoms with van der Waals surface area (Å²) in [5, 5.41) is 2.43. The predicted molar refractivity (Wildman–Crippen MR) is 121 cm³/mol. The van der Waals surface area contributed by atoms with Gasteiger partial charge < -0.3 is 10.5 Å². The lowest BCUT2D eigenvalue weighted by molar-refractivity contribution is -0.117. The fourth-order valence-corrected chi connectivity index (χ4v) is 6.40. The molecule has 1 unspecified atom stereocenters. The van der Waals surface area contributed by atoms with E-state index in [2.05, 4.69) is 54.4 Å². The van der Waals surface area contributed by atoms with Gasteiger partial charge in [0.1, 0.15) is 11.9 Å². The van der Waals surface area contributed by atoms with Gasteiger partial charge in [-0.25, -0.2) is 0 Å². The summed E-state index contributed by atoms with van der Waals surface area (Å²) in [7, 11) is 0. The van der Waals surface area contributed by atoms with Crippen LogP contribution in [0.1, 0.15) is 44.1 Å². The van der Waals surface area contributed by atoms with Gasteiger partial charge in [-0.3, -0.25) is 9.78 Å². The minimum absolute atomic E-state index is 0.0297. The zero-order chi connectivity index (χ0) is 21.2. The van der Waals surface area contributed by atoms with Crippen molar-refractivity contribution < 1.29 is 9.53 Å². The Balaban J connectivity index is 1.35. The summed E-state index contributed by atoms with van der Waals surface area (Å²) in [6, 6.07) is 8.88. The normalized spacial score (nSPS) is 34.1. The number of carbonyl (C=O) groups is 1. The summed E-state index contributed by atoms with van der Waals surface area (Å²) in [5.74, 6) is 2.11. The first-order valence-corrected chi connectivity index (χ1v) is 11.4. The van der Waals surface area contributed by atoms with Crippen molar-refractivity contribution in [2.75, 3.05) is 6.54 Å². The first-order chi connectivity index (χ1) is 15.1. The third-order valence-electron chi connectivity index (χ3n) is 8.17. The van der Waals surface area contributed by atoms with E-state index < -0.39 is 0 Å². The van der Waals surface area contributed by atoms with Gasteiger partial charge >= 0.3 is 0 Å². The molecule has 1 aromatic carbocycles. The molecule has 4 aliphatic rings. The Kier molecular flexibility index (Phi) is 4.23. The van der Waals surface area contributed by atoms with Crippen molar-refractivity contribution in [3.63, 3.8) is 0 Å². The van der Waals surface area contributed by atoms with Crippen LogP contribution in [0.4, 0.5) is 0 Å². The second kappa shape index (κ2) is 6.89. The van der Waals surface area contributed by atoms with Gasteiger partial charge in [-0.1, -0.05) is 31.2 Å². The molecule has 0 bridgehead atoms. The van der Waals surface area contributed by atoms with Crippen molar-refractivity contribution in [3.05, 3.63) is 77.4 Å². The molecule has 6 rings (SSSR count). The summed E-state index contributed by atoms with van der Waals surface area (Å²) in [5.41, 5.74) is 9.23. The van der Waals surface area contributed by atoms with Gasteiger partial charge in [0.25, 0.3) is 0 Å². The molecule has 0 amide bonds. The smallest absolute Gasteiger partial charge is 0.166 e. The summed E-state index contributed by atoms with van der Waals surface area (Å²) in [4.78, 5) is 16.9. The van der Waals surface area contributed by atoms with E-state index in [-0.39, 0.29) is 23.2 Å². The topological polar surface area (TPSA) is 65.2 Å². The lowest BCUT2D eigenvalue weighted by Gasteiger charge is -2.45. The van der Waals surface area contributed by atoms with Gasteiger partial charge in [-0.05, 0) is 71.4 Å². The molecule has 0 saturated heterocycles. The molecule has 2 N–H and O–H groups in total. The van der Waals surface area contributed by atoms with Crippen LogP contribution in [0.3, 0.4) is 0 Å². The Morgan fingerprint density at radius 2 is 2.10 bits per heavy atom. The van der Waals surface area contributed by atoms with Crippen molar-refractivity contribution in [3.8, 4) is 0 Å². The monoisotopic (exact) mass is 412 g/mol. The van der Waals surface area contributed by atoms with Crippen LogP contribution >= 0.6 is 0 Å². The van der Waals surface area contributed by atoms with E-state index >= 15 is 0 Å². The first kappa shape index (κ1) is 19.0. The number of hydrogen-bond donors (Lipinski definition) is 1. The van der Waals surface area contributed by atoms with E-state index in [1.807, 2.05) is 12.4 Å². The molecule has 1 saturated carbocycles. The van der Waals surface area contributed by atoms with Gasteiger partial charge in [0, 0.05) is 36.5 Å². The van der Waals surface area contributed by atoms with Crippen LogP contribution in [0.15, 0.2) is 71.8 Å². The number of fused-ring (bicyclic) bond motifs is 4. The van der Waals surface area contributed by atoms with E-state index in [0.717, 1.165) is 36.2 Å². The zero-order valence-electron chi connectivity index (χ0n) is 17.9. The minimum Gasteiger partial charge on any atom is -0.489 e. The lowest BCUT2D eigenvalue weighted by atomic mass is 9.64. The van der Waals surface area contributed by atoms with Crippen molar-refractivity contribution in [2.45, 2.75) is 44.6 Å². The zero-order valence-corrected chi connectivity index (χ0v) is 17.9. The average molecular weight is 413 g/mol. The molecule has 158 valence electrons. The van der Waals surface area contributed by atoms with Crippen LogP contribution in [0, 0.1) is 17.3 Å². The molecule has 0 spiro atoms. The maximum Gasteiger partial charge on any atom is 0.166 e. The molecule has 3 aliphatic carbocycles. The molecule has 31 heavy (non-hydrogen) atoms. The lowest BCUT2D eigenvalue weighted by Crippen LogP contribution is -2.41. The molecular formula is C27H28N2O2. The molecule has 1 fully saturated rings. The number of carbonyl (C=O) groups excluding carboxylic acids is 1. The second-order valence-corrected chi connectivity index (χ2v) is 9.87. The van der Waals surface area contributed by atoms with Crippen molar-refractivity contribution in [2.24, 2.45) is 23.0 Å². The molecule has 2 heterocycles. The third kappa shape index (κ3) is 2.85. The Hall–Kier alpha value is -2.72. The maximum absolute atomic E-state index is 12.6. The van der Waals surface area contributed by atoms with Gasteiger partial charge in [0.05, 0.1) is 5.57 Å². The number of allylic oxidation sites excluding steroid dienone is 4. The second-order valence-electron chi connectivity index (χ2n) is 9.87. The number of nitrogens with zero attached hydrogens (tertiary/aromatic N) is 1. The van der Waals surface area contributed by atoms with E-state index in [4.69, 9.17) is 10.5 Å². The molecule has 1 aromatic heterocycles. The fraction of sp³-hybridized carbons (Fsp3) is 0.407. The maximum atomic E-state index is 12.6. The van der Waals surface area contributed by atoms with Crippen LogP contribution in [0.2, 0.25) is 0 Å². The third-order valence-corrected chi connectivity index (χ3v) is 8.17. The number of ketones is 1. The van der Waals surface area contributed by atoms with Crippen LogP contribution in [-0.2, 0) is 9.53 Å². The Morgan fingerprint density at radius 1 is 1.19 bits per heavy atom. The highest BCUT2D eigenvalue weighted by atomic mass is 16.5. The van der Waals surface area contributed by atoms with Crippen LogP contribution in [-0.4, -0.2) is 23.4 Å². The Morgan fingerprint density at radius 3 is 2.97 bits per heavy atom. The number of benzene rings is 1. The summed E-state index contributed by atoms with van der Waals surface area (Å²) >= 11 is 0. The van der Waals surface area contributed by atoms with Gasteiger partial charge in [-0.2, -0.15) is 0 Å². The highest BCUT2D eigenvalue weighted by Crippen LogP contribution is 2.59. The fourth-order valence-electron chi connectivity index (χ4n) is 6.40. The highest BCUT2D eigenvalue weighted by molar-refractivity contribution is 6.00. The highest BCUT2D eigenvalue weighted by Gasteiger charge is 2.53. The number of hydrogen-bond acceptors (Lipinski definition) is 4. The van der Waals surface area contributed by atoms with E-state index in [1.54, 1.807) is 0 Å². The van der Waals surface area contributed by atoms with Gasteiger partial charge in [0.2, 0.25) is 0 Å². The number of ether oxygens (including phenoxy) is 1. The van der Waals surface area contributed by atoms with Crippen molar-refractivity contribution >= 4 is 16.6 Å². The predicted octanol–water partition coefficient (Wildman–Crippen LogP) is 4.82. The van der Waals surface area contributed by atoms with Crippen LogP contribution in [0.5, 0.6) is 0 Å². The standard InChI is InChI=1S/C27H28N2O2/c1-27-8-6-19-13-21-24(30)10-16(14-28)11-25(21)31-26(19)23(27)5-4-22(27)18-3-2-17-7-9-29-15-20(17)12-18/h2-3,6-9,12-13,15-16,22-23,26H,4-5,10-11,14,28H2,1H3/t16?,22-,23+,26-,27-/m1/s1. The van der Waals surface area contributed by atoms with E-state index in [9.17, 15) is 4.79 Å². The molecule has 0 radical (unpaired) electrons. The van der Waals surface area contributed by atoms with Gasteiger partial charge in [0.15, 0.2) is 5.78 Å². The molecular weight excluding hydrogens is 384 g/mol. The minimum atomic E-state index is 0.0297. The number of rotatable bonds is 2. The molecule has 2 aromatic rings. The average Bonchev–Trinajstić information content (AvgIpc) is 3.15. The van der Waals surface area contributed by atoms with Crippen LogP contribution in [0.25, 0.3) is 10.8 Å². The Bertz CT molecular complexity index is 1180. The molecule has 5 atom stereocenters. The molecule has 1 aliphatic heterocycles. The van der Waals surface area contributed by atoms with Gasteiger partial charge in [-0.15, -0.1) is 0 Å². The van der Waals surface area contributed by atoms with Crippen LogP contribution < -0.4 is 5.73 Å². The van der Waals surface area contributed by atoms with E-state index in [1.165, 1.54) is 16.3 Å².